The van der Waals surface area contributed by atoms with E-state index in [-0.39, 0.29) is 12.5 Å². The van der Waals surface area contributed by atoms with Gasteiger partial charge >= 0.3 is 6.16 Å². The summed E-state index contributed by atoms with van der Waals surface area (Å²) >= 11 is 7.74. The lowest BCUT2D eigenvalue weighted by Crippen LogP contribution is -2.42. The summed E-state index contributed by atoms with van der Waals surface area (Å²) < 4.78 is 14.2. The van der Waals surface area contributed by atoms with Crippen molar-refractivity contribution in [2.75, 3.05) is 39.4 Å². The molecule has 1 aromatic carbocycles. The predicted octanol–water partition coefficient (Wildman–Crippen LogP) is 6.58. The summed E-state index contributed by atoms with van der Waals surface area (Å²) in [5.74, 6) is 0.377. The monoisotopic (exact) mass is 585 g/mol. The van der Waals surface area contributed by atoms with Crippen LogP contribution in [0.3, 0.4) is 0 Å². The maximum Gasteiger partial charge on any atom is 0.512 e. The van der Waals surface area contributed by atoms with Crippen LogP contribution >= 0.6 is 22.9 Å². The number of amides is 1. The topological polar surface area (TPSA) is 84.2 Å². The van der Waals surface area contributed by atoms with Crippen LogP contribution in [0.1, 0.15) is 62.0 Å². The van der Waals surface area contributed by atoms with Gasteiger partial charge in [-0.05, 0) is 68.0 Å². The first-order valence-corrected chi connectivity index (χ1v) is 15.6. The zero-order chi connectivity index (χ0) is 27.6. The van der Waals surface area contributed by atoms with Crippen molar-refractivity contribution in [1.29, 1.82) is 0 Å². The number of aromatic nitrogens is 1. The van der Waals surface area contributed by atoms with E-state index in [0.29, 0.717) is 48.9 Å². The van der Waals surface area contributed by atoms with E-state index < -0.39 is 6.16 Å². The molecular formula is C30H36ClN3O5S. The lowest BCUT2D eigenvalue weighted by Gasteiger charge is -2.28. The second-order valence-corrected chi connectivity index (χ2v) is 12.5. The molecule has 2 aliphatic heterocycles. The molecule has 1 amide bonds. The van der Waals surface area contributed by atoms with E-state index in [1.807, 2.05) is 29.2 Å². The quantitative estimate of drug-likeness (QED) is 0.315. The van der Waals surface area contributed by atoms with Crippen molar-refractivity contribution >= 4 is 45.2 Å². The number of thiophene rings is 1. The van der Waals surface area contributed by atoms with Gasteiger partial charge in [0.05, 0.1) is 29.1 Å². The predicted molar refractivity (Wildman–Crippen MR) is 157 cm³/mol. The Bertz CT molecular complexity index is 1370. The molecule has 0 spiro atoms. The van der Waals surface area contributed by atoms with Crippen LogP contribution in [0.25, 0.3) is 21.5 Å². The molecule has 214 valence electrons. The molecule has 40 heavy (non-hydrogen) atoms. The number of benzene rings is 1. The van der Waals surface area contributed by atoms with Gasteiger partial charge in [-0.3, -0.25) is 9.69 Å². The van der Waals surface area contributed by atoms with Crippen molar-refractivity contribution in [3.8, 4) is 16.3 Å². The Morgan fingerprint density at radius 3 is 2.38 bits per heavy atom. The second-order valence-electron chi connectivity index (χ2n) is 11.1. The van der Waals surface area contributed by atoms with E-state index in [9.17, 15) is 14.7 Å². The Kier molecular flexibility index (Phi) is 8.35. The van der Waals surface area contributed by atoms with Gasteiger partial charge in [-0.25, -0.2) is 4.79 Å². The number of hydrogen-bond acceptors (Lipinski definition) is 6. The number of likely N-dealkylation sites (tertiary alicyclic amines) is 1. The molecule has 4 heterocycles. The van der Waals surface area contributed by atoms with Gasteiger partial charge in [0.2, 0.25) is 5.91 Å². The Morgan fingerprint density at radius 2 is 1.70 bits per heavy atom. The van der Waals surface area contributed by atoms with Crippen LogP contribution in [0.4, 0.5) is 4.79 Å². The van der Waals surface area contributed by atoms with Gasteiger partial charge in [0.1, 0.15) is 6.54 Å². The lowest BCUT2D eigenvalue weighted by atomic mass is 9.83. The number of hydrogen-bond donors (Lipinski definition) is 1. The number of morpholine rings is 1. The van der Waals surface area contributed by atoms with Crippen molar-refractivity contribution < 1.29 is 24.2 Å². The van der Waals surface area contributed by atoms with Gasteiger partial charge in [-0.2, -0.15) is 0 Å². The zero-order valence-electron chi connectivity index (χ0n) is 22.7. The Balaban J connectivity index is 1.58. The molecule has 2 aromatic heterocycles. The normalized spacial score (nSPS) is 19.0. The number of carbonyl (C=O) groups is 2. The van der Waals surface area contributed by atoms with Crippen LogP contribution in [0.15, 0.2) is 24.3 Å². The number of ether oxygens (including phenoxy) is 2. The molecule has 3 aromatic rings. The molecule has 0 unspecified atom stereocenters. The molecule has 0 atom stereocenters. The van der Waals surface area contributed by atoms with E-state index in [4.69, 9.17) is 21.1 Å². The first-order chi connectivity index (χ1) is 19.5. The van der Waals surface area contributed by atoms with Crippen molar-refractivity contribution in [3.05, 3.63) is 40.4 Å². The summed E-state index contributed by atoms with van der Waals surface area (Å²) in [7, 11) is 0. The third-order valence-electron chi connectivity index (χ3n) is 8.53. The summed E-state index contributed by atoms with van der Waals surface area (Å²) in [5.41, 5.74) is 5.11. The molecule has 10 heteroatoms. The second kappa shape index (κ2) is 12.1. The molecule has 3 aliphatic rings. The van der Waals surface area contributed by atoms with Gasteiger partial charge in [-0.15, -0.1) is 0 Å². The third kappa shape index (κ3) is 5.62. The number of carboxylic acid groups (broad SMARTS) is 1. The van der Waals surface area contributed by atoms with Crippen LogP contribution in [0, 0.1) is 0 Å². The van der Waals surface area contributed by atoms with Crippen molar-refractivity contribution in [2.24, 2.45) is 0 Å². The highest BCUT2D eigenvalue weighted by molar-refractivity contribution is 7.21. The SMILES string of the molecule is O=C(O)Oc1sc2c(C3CCCCC3)c(-c3ccc(Cl)cc3)n(CC(=O)N3CCOCC3)c2c1CN1CCCC1. The maximum atomic E-state index is 13.8. The van der Waals surface area contributed by atoms with Crippen LogP contribution < -0.4 is 4.74 Å². The minimum absolute atomic E-state index is 0.0460. The Hall–Kier alpha value is -2.59. The Labute approximate surface area is 243 Å². The summed E-state index contributed by atoms with van der Waals surface area (Å²) in [6.07, 6.45) is 6.65. The third-order valence-corrected chi connectivity index (χ3v) is 9.91. The average molecular weight is 586 g/mol. The maximum absolute atomic E-state index is 13.8. The van der Waals surface area contributed by atoms with Crippen LogP contribution in [-0.2, 0) is 22.6 Å². The minimum atomic E-state index is -1.31. The fourth-order valence-electron chi connectivity index (χ4n) is 6.63. The highest BCUT2D eigenvalue weighted by Gasteiger charge is 2.33. The van der Waals surface area contributed by atoms with E-state index in [1.165, 1.54) is 23.3 Å². The van der Waals surface area contributed by atoms with Crippen molar-refractivity contribution in [1.82, 2.24) is 14.4 Å². The lowest BCUT2D eigenvalue weighted by molar-refractivity contribution is -0.135. The smallest absolute Gasteiger partial charge is 0.449 e. The largest absolute Gasteiger partial charge is 0.512 e. The molecule has 2 saturated heterocycles. The molecule has 1 aliphatic carbocycles. The summed E-state index contributed by atoms with van der Waals surface area (Å²) in [5, 5.41) is 10.7. The van der Waals surface area contributed by atoms with Gasteiger partial charge in [-0.1, -0.05) is 54.3 Å². The zero-order valence-corrected chi connectivity index (χ0v) is 24.3. The number of fused-ring (bicyclic) bond motifs is 1. The van der Waals surface area contributed by atoms with E-state index in [1.54, 1.807) is 0 Å². The van der Waals surface area contributed by atoms with Crippen LogP contribution in [0.5, 0.6) is 5.06 Å². The van der Waals surface area contributed by atoms with Gasteiger partial charge in [0.15, 0.2) is 5.06 Å². The number of rotatable bonds is 7. The molecule has 0 radical (unpaired) electrons. The molecule has 1 saturated carbocycles. The van der Waals surface area contributed by atoms with E-state index in [0.717, 1.165) is 78.7 Å². The average Bonchev–Trinajstić information content (AvgIpc) is 3.67. The van der Waals surface area contributed by atoms with Gasteiger partial charge in [0.25, 0.3) is 0 Å². The first-order valence-electron chi connectivity index (χ1n) is 14.4. The summed E-state index contributed by atoms with van der Waals surface area (Å²) in [6.45, 7) is 4.95. The molecule has 8 nitrogen and oxygen atoms in total. The van der Waals surface area contributed by atoms with Gasteiger partial charge in [0, 0.05) is 30.2 Å². The summed E-state index contributed by atoms with van der Waals surface area (Å²) in [4.78, 5) is 29.8. The van der Waals surface area contributed by atoms with E-state index >= 15 is 0 Å². The molecule has 1 N–H and O–H groups in total. The number of nitrogens with zero attached hydrogens (tertiary/aromatic N) is 3. The number of halogens is 1. The van der Waals surface area contributed by atoms with Crippen molar-refractivity contribution in [2.45, 2.75) is 64.0 Å². The standard InChI is InChI=1S/C30H36ClN3O5S/c31-22-10-8-21(9-11-22)26-25(20-6-2-1-3-7-20)28-27(34(26)19-24(35)33-14-16-38-17-15-33)23(18-32-12-4-5-13-32)29(40-28)39-30(36)37/h8-11,20H,1-7,12-19H2,(H,36,37). The fraction of sp³-hybridized carbons (Fsp3) is 0.533. The molecule has 3 fully saturated rings. The van der Waals surface area contributed by atoms with Gasteiger partial charge < -0.3 is 24.0 Å². The first kappa shape index (κ1) is 27.6. The highest BCUT2D eigenvalue weighted by atomic mass is 35.5. The fourth-order valence-corrected chi connectivity index (χ4v) is 8.04. The highest BCUT2D eigenvalue weighted by Crippen LogP contribution is 2.51. The number of carbonyl (C=O) groups excluding carboxylic acids is 1. The van der Waals surface area contributed by atoms with Crippen LogP contribution in [-0.4, -0.2) is 70.9 Å². The van der Waals surface area contributed by atoms with Crippen LogP contribution in [0.2, 0.25) is 5.02 Å². The van der Waals surface area contributed by atoms with E-state index in [2.05, 4.69) is 9.47 Å². The van der Waals surface area contributed by atoms with Crippen molar-refractivity contribution in [3.63, 3.8) is 0 Å². The molecular weight excluding hydrogens is 550 g/mol. The Morgan fingerprint density at radius 1 is 1.00 bits per heavy atom. The molecule has 6 rings (SSSR count). The molecule has 0 bridgehead atoms. The minimum Gasteiger partial charge on any atom is -0.449 e. The summed E-state index contributed by atoms with van der Waals surface area (Å²) in [6, 6.07) is 7.89.